The molecule has 1 nitrogen and oxygen atoms in total. The van der Waals surface area contributed by atoms with Crippen LogP contribution in [0.2, 0.25) is 0 Å². The molecule has 1 atom stereocenters. The molecule has 0 fully saturated rings. The van der Waals surface area contributed by atoms with Crippen LogP contribution in [0, 0.1) is 5.92 Å². The molecule has 0 aliphatic carbocycles. The van der Waals surface area contributed by atoms with E-state index in [0.717, 1.165) is 6.54 Å². The lowest BCUT2D eigenvalue weighted by Crippen LogP contribution is -2.03. The van der Waals surface area contributed by atoms with Gasteiger partial charge < -0.3 is 0 Å². The summed E-state index contributed by atoms with van der Waals surface area (Å²) in [5, 5.41) is 0. The number of rotatable bonds is 2. The average Bonchev–Trinajstić information content (AvgIpc) is 2.05. The monoisotopic (exact) mass is 161 g/mol. The van der Waals surface area contributed by atoms with E-state index in [9.17, 15) is 0 Å². The van der Waals surface area contributed by atoms with Crippen molar-refractivity contribution >= 4 is 6.21 Å². The maximum Gasteiger partial charge on any atom is 0.0487 e. The van der Waals surface area contributed by atoms with Gasteiger partial charge in [0.25, 0.3) is 0 Å². The number of hydrogen-bond donors (Lipinski definition) is 0. The molecule has 0 saturated heterocycles. The van der Waals surface area contributed by atoms with Gasteiger partial charge in [-0.15, -0.1) is 0 Å². The van der Waals surface area contributed by atoms with E-state index in [1.54, 1.807) is 0 Å². The molecule has 0 bridgehead atoms. The number of dihydropyridines is 1. The first-order valence-electron chi connectivity index (χ1n) is 4.30. The summed E-state index contributed by atoms with van der Waals surface area (Å²) in [7, 11) is 0. The molecule has 0 N–H and O–H groups in total. The molecule has 0 saturated carbocycles. The molecule has 1 heterocycles. The molecular formula is C11H15N. The molecule has 0 aromatic rings. The highest BCUT2D eigenvalue weighted by Crippen LogP contribution is 2.09. The Morgan fingerprint density at radius 2 is 2.33 bits per heavy atom. The topological polar surface area (TPSA) is 12.4 Å². The van der Waals surface area contributed by atoms with Gasteiger partial charge in [0, 0.05) is 18.7 Å². The van der Waals surface area contributed by atoms with Crippen molar-refractivity contribution in [1.82, 2.24) is 0 Å². The highest BCUT2D eigenvalue weighted by molar-refractivity contribution is 5.78. The van der Waals surface area contributed by atoms with Crippen molar-refractivity contribution in [2.24, 2.45) is 10.9 Å². The van der Waals surface area contributed by atoms with Crippen molar-refractivity contribution < 1.29 is 0 Å². The largest absolute Gasteiger partial charge is 0.292 e. The highest BCUT2D eigenvalue weighted by atomic mass is 14.7. The Morgan fingerprint density at radius 3 is 3.00 bits per heavy atom. The van der Waals surface area contributed by atoms with Gasteiger partial charge in [0.2, 0.25) is 0 Å². The molecule has 0 radical (unpaired) electrons. The van der Waals surface area contributed by atoms with E-state index in [-0.39, 0.29) is 0 Å². The van der Waals surface area contributed by atoms with E-state index in [4.69, 9.17) is 0 Å². The molecule has 1 heteroatoms. The fraction of sp³-hybridized carbons (Fsp3) is 0.364. The van der Waals surface area contributed by atoms with Crippen molar-refractivity contribution in [3.8, 4) is 0 Å². The molecule has 1 aliphatic heterocycles. The smallest absolute Gasteiger partial charge is 0.0487 e. The van der Waals surface area contributed by atoms with Gasteiger partial charge in [0.15, 0.2) is 0 Å². The first-order chi connectivity index (χ1) is 5.83. The van der Waals surface area contributed by atoms with Gasteiger partial charge >= 0.3 is 0 Å². The Kier molecular flexibility index (Phi) is 3.52. The van der Waals surface area contributed by atoms with Crippen LogP contribution >= 0.6 is 0 Å². The summed E-state index contributed by atoms with van der Waals surface area (Å²) in [4.78, 5) is 4.25. The maximum atomic E-state index is 4.25. The number of allylic oxidation sites excluding steroid dienone is 4. The minimum Gasteiger partial charge on any atom is -0.292 e. The summed E-state index contributed by atoms with van der Waals surface area (Å²) in [5.74, 6) is 0.492. The Bertz CT molecular complexity index is 244. The van der Waals surface area contributed by atoms with Gasteiger partial charge in [-0.2, -0.15) is 0 Å². The molecule has 64 valence electrons. The van der Waals surface area contributed by atoms with Crippen LogP contribution in [0.15, 0.2) is 40.9 Å². The molecule has 1 rings (SSSR count). The Morgan fingerprint density at radius 1 is 1.50 bits per heavy atom. The summed E-state index contributed by atoms with van der Waals surface area (Å²) in [6, 6.07) is 0. The van der Waals surface area contributed by atoms with Gasteiger partial charge in [-0.3, -0.25) is 4.99 Å². The lowest BCUT2D eigenvalue weighted by molar-refractivity contribution is 0.808. The predicted molar refractivity (Wildman–Crippen MR) is 54.6 cm³/mol. The van der Waals surface area contributed by atoms with Crippen LogP contribution in [0.3, 0.4) is 0 Å². The van der Waals surface area contributed by atoms with E-state index in [2.05, 4.69) is 30.1 Å². The highest BCUT2D eigenvalue weighted by Gasteiger charge is 2.02. The molecule has 0 aromatic carbocycles. The van der Waals surface area contributed by atoms with Crippen LogP contribution in [0.5, 0.6) is 0 Å². The third-order valence-electron chi connectivity index (χ3n) is 1.75. The zero-order valence-corrected chi connectivity index (χ0v) is 7.70. The van der Waals surface area contributed by atoms with Crippen molar-refractivity contribution in [3.63, 3.8) is 0 Å². The van der Waals surface area contributed by atoms with E-state index >= 15 is 0 Å². The van der Waals surface area contributed by atoms with Crippen LogP contribution in [0.1, 0.15) is 13.8 Å². The van der Waals surface area contributed by atoms with Crippen molar-refractivity contribution in [3.05, 3.63) is 36.0 Å². The first-order valence-corrected chi connectivity index (χ1v) is 4.30. The zero-order valence-electron chi connectivity index (χ0n) is 7.70. The molecular weight excluding hydrogens is 146 g/mol. The van der Waals surface area contributed by atoms with Crippen LogP contribution in [0.4, 0.5) is 0 Å². The molecule has 1 unspecified atom stereocenters. The minimum atomic E-state index is 0.492. The van der Waals surface area contributed by atoms with Crippen LogP contribution in [-0.2, 0) is 0 Å². The summed E-state index contributed by atoms with van der Waals surface area (Å²) in [5.41, 5.74) is 1.26. The Balaban J connectivity index is 2.50. The Hall–Kier alpha value is -1.11. The zero-order chi connectivity index (χ0) is 8.81. The molecule has 0 aromatic heterocycles. The average molecular weight is 161 g/mol. The van der Waals surface area contributed by atoms with E-state index in [1.165, 1.54) is 5.57 Å². The normalized spacial score (nSPS) is 23.8. The summed E-state index contributed by atoms with van der Waals surface area (Å²) in [6.07, 6.45) is 12.5. The number of nitrogens with zero attached hydrogens (tertiary/aromatic N) is 1. The summed E-state index contributed by atoms with van der Waals surface area (Å²) < 4.78 is 0. The Labute approximate surface area is 74.2 Å². The van der Waals surface area contributed by atoms with Crippen molar-refractivity contribution in [2.75, 3.05) is 6.54 Å². The fourth-order valence-corrected chi connectivity index (χ4v) is 1.19. The standard InChI is InChI=1S/C11H15N/c1-3-4-5-6-11-7-10(2)8-12-9-11/h3-8,11H,9H2,1-2H3/b4-3-,6-5-. The minimum absolute atomic E-state index is 0.492. The SMILES string of the molecule is C/C=C\C=C/C1C=C(C)C=NC1. The summed E-state index contributed by atoms with van der Waals surface area (Å²) >= 11 is 0. The van der Waals surface area contributed by atoms with E-state index < -0.39 is 0 Å². The van der Waals surface area contributed by atoms with Crippen LogP contribution in [0.25, 0.3) is 0 Å². The second-order valence-corrected chi connectivity index (χ2v) is 2.98. The van der Waals surface area contributed by atoms with Gasteiger partial charge in [0.1, 0.15) is 0 Å². The fourth-order valence-electron chi connectivity index (χ4n) is 1.19. The molecule has 12 heavy (non-hydrogen) atoms. The third kappa shape index (κ3) is 2.87. The van der Waals surface area contributed by atoms with Crippen molar-refractivity contribution in [1.29, 1.82) is 0 Å². The van der Waals surface area contributed by atoms with Gasteiger partial charge in [-0.1, -0.05) is 30.4 Å². The van der Waals surface area contributed by atoms with Gasteiger partial charge in [0.05, 0.1) is 0 Å². The molecule has 0 amide bonds. The molecule has 1 aliphatic rings. The van der Waals surface area contributed by atoms with E-state index in [1.807, 2.05) is 25.3 Å². The first kappa shape index (κ1) is 8.98. The number of aliphatic imine (C=N–C) groups is 1. The van der Waals surface area contributed by atoms with E-state index in [0.29, 0.717) is 5.92 Å². The van der Waals surface area contributed by atoms with Gasteiger partial charge in [-0.25, -0.2) is 0 Å². The molecule has 0 spiro atoms. The second kappa shape index (κ2) is 4.70. The number of hydrogen-bond acceptors (Lipinski definition) is 1. The lowest BCUT2D eigenvalue weighted by Gasteiger charge is -2.08. The second-order valence-electron chi connectivity index (χ2n) is 2.98. The third-order valence-corrected chi connectivity index (χ3v) is 1.75. The maximum absolute atomic E-state index is 4.25. The van der Waals surface area contributed by atoms with Crippen molar-refractivity contribution in [2.45, 2.75) is 13.8 Å². The van der Waals surface area contributed by atoms with Crippen LogP contribution in [-0.4, -0.2) is 12.8 Å². The van der Waals surface area contributed by atoms with Crippen LogP contribution < -0.4 is 0 Å². The lowest BCUT2D eigenvalue weighted by atomic mass is 10.0. The predicted octanol–water partition coefficient (Wildman–Crippen LogP) is 2.77. The quantitative estimate of drug-likeness (QED) is 0.552. The summed E-state index contributed by atoms with van der Waals surface area (Å²) in [6.45, 7) is 5.00. The van der Waals surface area contributed by atoms with Gasteiger partial charge in [-0.05, 0) is 19.4 Å².